The Morgan fingerprint density at radius 1 is 1.09 bits per heavy atom. The van der Waals surface area contributed by atoms with Crippen LogP contribution in [0, 0.1) is 0 Å². The van der Waals surface area contributed by atoms with E-state index in [0.717, 1.165) is 19.4 Å². The summed E-state index contributed by atoms with van der Waals surface area (Å²) in [5.74, 6) is -0.193. The van der Waals surface area contributed by atoms with Crippen molar-refractivity contribution in [2.75, 3.05) is 7.11 Å². The molecule has 2 aromatic carbocycles. The summed E-state index contributed by atoms with van der Waals surface area (Å²) in [5, 5.41) is 2.56. The predicted molar refractivity (Wildman–Crippen MR) is 130 cm³/mol. The molecule has 0 bridgehead atoms. The molecule has 1 aromatic heterocycles. The summed E-state index contributed by atoms with van der Waals surface area (Å²) < 4.78 is 17.7. The zero-order chi connectivity index (χ0) is 24.2. The maximum Gasteiger partial charge on any atom is 0.373 e. The van der Waals surface area contributed by atoms with Crippen molar-refractivity contribution in [1.82, 2.24) is 10.2 Å². The molecule has 34 heavy (non-hydrogen) atoms. The van der Waals surface area contributed by atoms with E-state index in [1.54, 1.807) is 30.3 Å². The number of nitrogens with one attached hydrogen (secondary N) is 1. The second-order valence-corrected chi connectivity index (χ2v) is 9.00. The molecule has 1 aliphatic rings. The second kappa shape index (κ2) is 10.3. The van der Waals surface area contributed by atoms with Crippen molar-refractivity contribution in [2.24, 2.45) is 0 Å². The van der Waals surface area contributed by atoms with Crippen molar-refractivity contribution in [1.29, 1.82) is 0 Å². The van der Waals surface area contributed by atoms with Gasteiger partial charge in [-0.25, -0.2) is 9.59 Å². The van der Waals surface area contributed by atoms with Gasteiger partial charge < -0.3 is 19.2 Å². The van der Waals surface area contributed by atoms with E-state index in [2.05, 4.69) is 41.9 Å². The molecule has 1 N–H and O–H groups in total. The van der Waals surface area contributed by atoms with Crippen LogP contribution in [0.4, 0.5) is 4.79 Å². The van der Waals surface area contributed by atoms with Gasteiger partial charge in [-0.15, -0.1) is 0 Å². The smallest absolute Gasteiger partial charge is 0.373 e. The Kier molecular flexibility index (Phi) is 7.18. The molecule has 8 nitrogen and oxygen atoms in total. The van der Waals surface area contributed by atoms with Crippen LogP contribution in [0.1, 0.15) is 27.4 Å². The lowest BCUT2D eigenvalue weighted by molar-refractivity contribution is -0.123. The highest BCUT2D eigenvalue weighted by atomic mass is 79.9. The van der Waals surface area contributed by atoms with Gasteiger partial charge in [0, 0.05) is 14.5 Å². The topological polar surface area (TPSA) is 98.1 Å². The number of methoxy groups -OCH3 is 1. The molecule has 4 rings (SSSR count). The third-order valence-electron chi connectivity index (χ3n) is 4.93. The fourth-order valence-electron chi connectivity index (χ4n) is 3.17. The molecule has 3 amide bonds. The van der Waals surface area contributed by atoms with E-state index in [4.69, 9.17) is 9.15 Å². The number of benzene rings is 2. The lowest BCUT2D eigenvalue weighted by atomic mass is 10.2. The van der Waals surface area contributed by atoms with Gasteiger partial charge in [0.1, 0.15) is 23.8 Å². The molecule has 174 valence electrons. The van der Waals surface area contributed by atoms with E-state index in [-0.39, 0.29) is 23.8 Å². The van der Waals surface area contributed by atoms with Crippen molar-refractivity contribution in [3.05, 3.63) is 91.9 Å². The second-order valence-electron chi connectivity index (χ2n) is 7.23. The van der Waals surface area contributed by atoms with Crippen LogP contribution in [0.3, 0.4) is 0 Å². The number of carbonyl (C=O) groups excluding carboxylic acids is 3. The average Bonchev–Trinajstić information content (AvgIpc) is 3.39. The Balaban J connectivity index is 1.39. The van der Waals surface area contributed by atoms with Crippen LogP contribution >= 0.6 is 31.9 Å². The Hall–Kier alpha value is -3.37. The van der Waals surface area contributed by atoms with Gasteiger partial charge in [-0.1, -0.05) is 50.1 Å². The molecule has 0 spiro atoms. The highest BCUT2D eigenvalue weighted by Crippen LogP contribution is 2.24. The Morgan fingerprint density at radius 2 is 1.85 bits per heavy atom. The first-order chi connectivity index (χ1) is 16.3. The summed E-state index contributed by atoms with van der Waals surface area (Å²) >= 11 is 6.94. The fraction of sp³-hybridized carbons (Fsp3) is 0.125. The first-order valence-electron chi connectivity index (χ1n) is 10.0. The largest absolute Gasteiger partial charge is 0.489 e. The van der Waals surface area contributed by atoms with Gasteiger partial charge in [0.05, 0.1) is 13.7 Å². The SMILES string of the molecule is COC(=O)c1ccc(CN2C(=O)N/C(=C\c3ccc(OCc4ccc(Br)cc4Br)cc3)C2=O)o1. The molecule has 3 aromatic rings. The number of nitrogens with zero attached hydrogens (tertiary/aromatic N) is 1. The highest BCUT2D eigenvalue weighted by molar-refractivity contribution is 9.11. The molecule has 0 unspecified atom stereocenters. The molecule has 0 atom stereocenters. The van der Waals surface area contributed by atoms with Gasteiger partial charge >= 0.3 is 12.0 Å². The van der Waals surface area contributed by atoms with Crippen molar-refractivity contribution in [3.63, 3.8) is 0 Å². The number of furan rings is 1. The number of rotatable bonds is 7. The van der Waals surface area contributed by atoms with Crippen LogP contribution < -0.4 is 10.1 Å². The van der Waals surface area contributed by atoms with Gasteiger partial charge in [0.15, 0.2) is 0 Å². The Labute approximate surface area is 211 Å². The van der Waals surface area contributed by atoms with Gasteiger partial charge in [-0.05, 0) is 48.0 Å². The summed E-state index contributed by atoms with van der Waals surface area (Å²) in [6.07, 6.45) is 1.58. The number of amides is 3. The maximum absolute atomic E-state index is 12.7. The van der Waals surface area contributed by atoms with E-state index in [1.165, 1.54) is 19.2 Å². The molecule has 0 radical (unpaired) electrons. The molecule has 0 saturated carbocycles. The molecule has 2 heterocycles. The molecular formula is C24H18Br2N2O6. The molecule has 1 fully saturated rings. The highest BCUT2D eigenvalue weighted by Gasteiger charge is 2.34. The van der Waals surface area contributed by atoms with E-state index in [1.807, 2.05) is 18.2 Å². The molecule has 1 saturated heterocycles. The molecular weight excluding hydrogens is 572 g/mol. The minimum Gasteiger partial charge on any atom is -0.489 e. The molecule has 1 aliphatic heterocycles. The number of hydrogen-bond donors (Lipinski definition) is 1. The quantitative estimate of drug-likeness (QED) is 0.229. The van der Waals surface area contributed by atoms with Gasteiger partial charge in [0.25, 0.3) is 5.91 Å². The Morgan fingerprint density at radius 3 is 2.56 bits per heavy atom. The monoisotopic (exact) mass is 588 g/mol. The maximum atomic E-state index is 12.7. The third kappa shape index (κ3) is 5.40. The number of carbonyl (C=O) groups is 3. The van der Waals surface area contributed by atoms with Crippen LogP contribution in [0.2, 0.25) is 0 Å². The fourth-order valence-corrected chi connectivity index (χ4v) is 4.33. The summed E-state index contributed by atoms with van der Waals surface area (Å²) in [4.78, 5) is 37.5. The van der Waals surface area contributed by atoms with Crippen molar-refractivity contribution in [3.8, 4) is 5.75 Å². The van der Waals surface area contributed by atoms with E-state index in [0.29, 0.717) is 17.9 Å². The number of imide groups is 1. The predicted octanol–water partition coefficient (Wildman–Crippen LogP) is 5.26. The molecule has 0 aliphatic carbocycles. The zero-order valence-electron chi connectivity index (χ0n) is 17.8. The lowest BCUT2D eigenvalue weighted by Gasteiger charge is -2.09. The molecule has 10 heteroatoms. The first-order valence-corrected chi connectivity index (χ1v) is 11.6. The standard InChI is InChI=1S/C24H18Br2N2O6/c1-32-23(30)21-9-8-18(34-21)12-28-22(29)20(27-24(28)31)10-14-2-6-17(7-3-14)33-13-15-4-5-16(25)11-19(15)26/h2-11H,12-13H2,1H3,(H,27,31)/b20-10-. The van der Waals surface area contributed by atoms with E-state index < -0.39 is 17.9 Å². The van der Waals surface area contributed by atoms with E-state index >= 15 is 0 Å². The van der Waals surface area contributed by atoms with Gasteiger partial charge in [0.2, 0.25) is 5.76 Å². The number of hydrogen-bond acceptors (Lipinski definition) is 6. The van der Waals surface area contributed by atoms with E-state index in [9.17, 15) is 14.4 Å². The average molecular weight is 590 g/mol. The number of urea groups is 1. The van der Waals surface area contributed by atoms with Crippen molar-refractivity contribution >= 4 is 55.8 Å². The van der Waals surface area contributed by atoms with Crippen LogP contribution in [0.5, 0.6) is 5.75 Å². The summed E-state index contributed by atoms with van der Waals surface area (Å²) in [6.45, 7) is 0.277. The minimum atomic E-state index is -0.638. The lowest BCUT2D eigenvalue weighted by Crippen LogP contribution is -2.30. The van der Waals surface area contributed by atoms with Crippen LogP contribution in [-0.4, -0.2) is 29.9 Å². The van der Waals surface area contributed by atoms with Crippen LogP contribution in [0.25, 0.3) is 6.08 Å². The van der Waals surface area contributed by atoms with Crippen LogP contribution in [-0.2, 0) is 22.7 Å². The number of esters is 1. The summed E-state index contributed by atoms with van der Waals surface area (Å²) in [5.41, 5.74) is 1.86. The van der Waals surface area contributed by atoms with Gasteiger partial charge in [-0.3, -0.25) is 9.69 Å². The number of ether oxygens (including phenoxy) is 2. The first kappa shape index (κ1) is 23.8. The minimum absolute atomic E-state index is 0.00452. The van der Waals surface area contributed by atoms with Gasteiger partial charge in [-0.2, -0.15) is 0 Å². The zero-order valence-corrected chi connectivity index (χ0v) is 21.0. The normalized spacial score (nSPS) is 14.4. The summed E-state index contributed by atoms with van der Waals surface area (Å²) in [6, 6.07) is 15.4. The van der Waals surface area contributed by atoms with Crippen LogP contribution in [0.15, 0.2) is 73.7 Å². The van der Waals surface area contributed by atoms with Crippen molar-refractivity contribution in [2.45, 2.75) is 13.2 Å². The number of halogens is 2. The van der Waals surface area contributed by atoms with Crippen molar-refractivity contribution < 1.29 is 28.3 Å². The summed E-state index contributed by atoms with van der Waals surface area (Å²) in [7, 11) is 1.24. The Bertz CT molecular complexity index is 1280. The third-order valence-corrected chi connectivity index (χ3v) is 6.16.